The van der Waals surface area contributed by atoms with Crippen molar-refractivity contribution in [3.8, 4) is 22.9 Å². The maximum atomic E-state index is 12.6. The van der Waals surface area contributed by atoms with Gasteiger partial charge in [-0.2, -0.15) is 5.26 Å². The summed E-state index contributed by atoms with van der Waals surface area (Å²) in [5.41, 5.74) is 4.71. The van der Waals surface area contributed by atoms with E-state index < -0.39 is 11.8 Å². The van der Waals surface area contributed by atoms with E-state index in [1.54, 1.807) is 19.4 Å². The van der Waals surface area contributed by atoms with Gasteiger partial charge in [0.2, 0.25) is 0 Å². The Bertz CT molecular complexity index is 1240. The molecule has 0 aromatic heterocycles. The summed E-state index contributed by atoms with van der Waals surface area (Å²) in [6.07, 6.45) is 1.93. The molecule has 6 nitrogen and oxygen atoms in total. The van der Waals surface area contributed by atoms with Crippen LogP contribution in [0.1, 0.15) is 21.5 Å². The third-order valence-corrected chi connectivity index (χ3v) is 5.06. The molecule has 1 heterocycles. The van der Waals surface area contributed by atoms with E-state index in [-0.39, 0.29) is 0 Å². The van der Waals surface area contributed by atoms with Crippen molar-refractivity contribution in [1.82, 2.24) is 5.32 Å². The van der Waals surface area contributed by atoms with Crippen molar-refractivity contribution >= 4 is 23.1 Å². The first-order chi connectivity index (χ1) is 15.1. The van der Waals surface area contributed by atoms with Gasteiger partial charge in [-0.15, -0.1) is 0 Å². The average molecular weight is 409 g/mol. The molecule has 0 spiro atoms. The highest BCUT2D eigenvalue weighted by Gasteiger charge is 2.27. The van der Waals surface area contributed by atoms with Crippen LogP contribution in [0.2, 0.25) is 0 Å². The van der Waals surface area contributed by atoms with E-state index in [1.165, 1.54) is 0 Å². The lowest BCUT2D eigenvalue weighted by molar-refractivity contribution is -0.114. The van der Waals surface area contributed by atoms with E-state index in [9.17, 15) is 9.59 Å². The first kappa shape index (κ1) is 19.9. The van der Waals surface area contributed by atoms with Gasteiger partial charge < -0.3 is 10.1 Å². The lowest BCUT2D eigenvalue weighted by Gasteiger charge is -2.20. The number of amides is 2. The Balaban J connectivity index is 1.72. The number of imide groups is 1. The monoisotopic (exact) mass is 409 g/mol. The van der Waals surface area contributed by atoms with Crippen molar-refractivity contribution in [1.29, 1.82) is 5.26 Å². The minimum Gasteiger partial charge on any atom is -0.496 e. The van der Waals surface area contributed by atoms with Crippen LogP contribution >= 0.6 is 0 Å². The summed E-state index contributed by atoms with van der Waals surface area (Å²) in [6, 6.07) is 22.4. The maximum absolute atomic E-state index is 12.6. The van der Waals surface area contributed by atoms with Crippen molar-refractivity contribution < 1.29 is 14.3 Å². The second-order valence-electron chi connectivity index (χ2n) is 6.98. The van der Waals surface area contributed by atoms with Gasteiger partial charge in [-0.25, -0.2) is 0 Å². The Morgan fingerprint density at radius 1 is 0.968 bits per heavy atom. The number of anilines is 1. The van der Waals surface area contributed by atoms with Crippen LogP contribution in [-0.2, 0) is 11.2 Å². The zero-order valence-corrected chi connectivity index (χ0v) is 16.8. The number of nitrogens with zero attached hydrogens (tertiary/aromatic N) is 1. The number of nitrogens with one attached hydrogen (secondary N) is 2. The number of ether oxygens (including phenoxy) is 1. The van der Waals surface area contributed by atoms with Crippen LogP contribution in [0.4, 0.5) is 5.69 Å². The number of nitriles is 1. The molecule has 0 atom stereocenters. The smallest absolute Gasteiger partial charge is 0.260 e. The van der Waals surface area contributed by atoms with Crippen molar-refractivity contribution in [2.24, 2.45) is 0 Å². The Labute approximate surface area is 179 Å². The molecule has 1 aliphatic heterocycles. The van der Waals surface area contributed by atoms with E-state index >= 15 is 0 Å². The third-order valence-electron chi connectivity index (χ3n) is 5.06. The van der Waals surface area contributed by atoms with Gasteiger partial charge in [0.05, 0.1) is 25.2 Å². The fourth-order valence-electron chi connectivity index (χ4n) is 3.48. The van der Waals surface area contributed by atoms with Crippen molar-refractivity contribution in [3.63, 3.8) is 0 Å². The number of hydrogen-bond acceptors (Lipinski definition) is 5. The van der Waals surface area contributed by atoms with Crippen LogP contribution in [-0.4, -0.2) is 18.9 Å². The summed E-state index contributed by atoms with van der Waals surface area (Å²) >= 11 is 0. The predicted octanol–water partition coefficient (Wildman–Crippen LogP) is 4.15. The van der Waals surface area contributed by atoms with Crippen LogP contribution in [0.5, 0.6) is 5.75 Å². The SMILES string of the molecule is COc1ccccc1-c1ccc2c(c1)/C(=C/Nc1ccc(CC#N)cc1)C(=O)NC2=O. The highest BCUT2D eigenvalue weighted by molar-refractivity contribution is 6.31. The Morgan fingerprint density at radius 2 is 1.74 bits per heavy atom. The van der Waals surface area contributed by atoms with E-state index in [1.807, 2.05) is 60.7 Å². The summed E-state index contributed by atoms with van der Waals surface area (Å²) in [5, 5.41) is 14.3. The zero-order valence-electron chi connectivity index (χ0n) is 16.8. The molecule has 6 heteroatoms. The molecular formula is C25H19N3O3. The van der Waals surface area contributed by atoms with Gasteiger partial charge in [0, 0.05) is 28.6 Å². The van der Waals surface area contributed by atoms with Gasteiger partial charge in [-0.3, -0.25) is 14.9 Å². The number of rotatable bonds is 5. The molecule has 2 amide bonds. The summed E-state index contributed by atoms with van der Waals surface area (Å²) in [4.78, 5) is 25.0. The Kier molecular flexibility index (Phi) is 5.50. The van der Waals surface area contributed by atoms with Gasteiger partial charge >= 0.3 is 0 Å². The highest BCUT2D eigenvalue weighted by atomic mass is 16.5. The number of para-hydroxylation sites is 1. The van der Waals surface area contributed by atoms with Crippen LogP contribution in [0.15, 0.2) is 72.9 Å². The molecule has 0 radical (unpaired) electrons. The number of methoxy groups -OCH3 is 1. The molecule has 3 aromatic rings. The predicted molar refractivity (Wildman–Crippen MR) is 118 cm³/mol. The lowest BCUT2D eigenvalue weighted by Crippen LogP contribution is -2.36. The van der Waals surface area contributed by atoms with Crippen LogP contribution in [0.25, 0.3) is 16.7 Å². The summed E-state index contributed by atoms with van der Waals surface area (Å²) in [7, 11) is 1.60. The van der Waals surface area contributed by atoms with E-state index in [2.05, 4.69) is 16.7 Å². The summed E-state index contributed by atoms with van der Waals surface area (Å²) in [5.74, 6) is -0.192. The number of hydrogen-bond donors (Lipinski definition) is 2. The second kappa shape index (κ2) is 8.56. The normalized spacial score (nSPS) is 13.9. The molecule has 4 rings (SSSR count). The van der Waals surface area contributed by atoms with Crippen molar-refractivity contribution in [2.45, 2.75) is 6.42 Å². The second-order valence-corrected chi connectivity index (χ2v) is 6.98. The highest BCUT2D eigenvalue weighted by Crippen LogP contribution is 2.34. The van der Waals surface area contributed by atoms with Gasteiger partial charge in [0.1, 0.15) is 5.75 Å². The zero-order chi connectivity index (χ0) is 21.8. The average Bonchev–Trinajstić information content (AvgIpc) is 2.79. The molecule has 0 saturated heterocycles. The molecule has 1 aliphatic rings. The van der Waals surface area contributed by atoms with Gasteiger partial charge in [0.25, 0.3) is 11.8 Å². The third kappa shape index (κ3) is 4.02. The number of benzene rings is 3. The van der Waals surface area contributed by atoms with Gasteiger partial charge in [-0.1, -0.05) is 36.4 Å². The first-order valence-corrected chi connectivity index (χ1v) is 9.67. The molecule has 152 valence electrons. The first-order valence-electron chi connectivity index (χ1n) is 9.67. The largest absolute Gasteiger partial charge is 0.496 e. The number of fused-ring (bicyclic) bond motifs is 1. The molecule has 31 heavy (non-hydrogen) atoms. The van der Waals surface area contributed by atoms with E-state index in [0.717, 1.165) is 22.4 Å². The molecule has 0 unspecified atom stereocenters. The summed E-state index contributed by atoms with van der Waals surface area (Å²) < 4.78 is 5.45. The molecule has 0 fully saturated rings. The summed E-state index contributed by atoms with van der Waals surface area (Å²) in [6.45, 7) is 0. The molecule has 0 aliphatic carbocycles. The Morgan fingerprint density at radius 3 is 2.48 bits per heavy atom. The maximum Gasteiger partial charge on any atom is 0.260 e. The van der Waals surface area contributed by atoms with Crippen molar-refractivity contribution in [2.75, 3.05) is 12.4 Å². The minimum absolute atomic E-state index is 0.338. The fourth-order valence-corrected chi connectivity index (χ4v) is 3.48. The quantitative estimate of drug-likeness (QED) is 0.488. The van der Waals surface area contributed by atoms with E-state index in [0.29, 0.717) is 28.9 Å². The van der Waals surface area contributed by atoms with E-state index in [4.69, 9.17) is 10.00 Å². The molecule has 0 saturated carbocycles. The molecule has 3 aromatic carbocycles. The molecule has 0 bridgehead atoms. The standard InChI is InChI=1S/C25H19N3O3/c1-31-23-5-3-2-4-19(23)17-8-11-20-21(14-17)22(25(30)28-24(20)29)15-27-18-9-6-16(7-10-18)12-13-26/h2-11,14-15,27H,12H2,1H3,(H,28,29,30)/b22-15-. The number of carbonyl (C=O) groups is 2. The topological polar surface area (TPSA) is 91.2 Å². The van der Waals surface area contributed by atoms with Crippen LogP contribution in [0.3, 0.4) is 0 Å². The molecule has 2 N–H and O–H groups in total. The van der Waals surface area contributed by atoms with Crippen molar-refractivity contribution in [3.05, 3.63) is 89.6 Å². The van der Waals surface area contributed by atoms with Gasteiger partial charge in [0.15, 0.2) is 0 Å². The fraction of sp³-hybridized carbons (Fsp3) is 0.0800. The lowest BCUT2D eigenvalue weighted by atomic mass is 9.91. The minimum atomic E-state index is -0.469. The van der Waals surface area contributed by atoms with Crippen LogP contribution in [0, 0.1) is 11.3 Å². The number of carbonyl (C=O) groups excluding carboxylic acids is 2. The van der Waals surface area contributed by atoms with Crippen LogP contribution < -0.4 is 15.4 Å². The molecular weight excluding hydrogens is 390 g/mol. The van der Waals surface area contributed by atoms with Gasteiger partial charge in [-0.05, 0) is 41.5 Å². The Hall–Kier alpha value is -4.37.